The first kappa shape index (κ1) is 17.3. The number of oxazole rings is 1. The Morgan fingerprint density at radius 2 is 1.82 bits per heavy atom. The van der Waals surface area contributed by atoms with Gasteiger partial charge in [-0.05, 0) is 42.7 Å². The van der Waals surface area contributed by atoms with Crippen LogP contribution in [-0.2, 0) is 6.42 Å². The molecule has 0 aliphatic carbocycles. The highest BCUT2D eigenvalue weighted by Gasteiger charge is 2.26. The third kappa shape index (κ3) is 3.49. The minimum absolute atomic E-state index is 0.219. The second kappa shape index (κ2) is 7.31. The first-order valence-corrected chi connectivity index (χ1v) is 10.2. The minimum Gasteiger partial charge on any atom is -0.440 e. The van der Waals surface area contributed by atoms with Gasteiger partial charge in [0.05, 0.1) is 0 Å². The summed E-state index contributed by atoms with van der Waals surface area (Å²) in [6.45, 7) is 1.82. The molecular weight excluding hydrogens is 375 g/mol. The fraction of sp³-hybridized carbons (Fsp3) is 0.286. The predicted octanol–water partition coefficient (Wildman–Crippen LogP) is 4.79. The molecule has 0 N–H and O–H groups in total. The molecule has 0 bridgehead atoms. The molecule has 5 rings (SSSR count). The summed E-state index contributed by atoms with van der Waals surface area (Å²) in [5.41, 5.74) is 2.82. The van der Waals surface area contributed by atoms with Gasteiger partial charge in [-0.1, -0.05) is 35.6 Å². The van der Waals surface area contributed by atoms with Crippen LogP contribution >= 0.6 is 11.3 Å². The van der Waals surface area contributed by atoms with Gasteiger partial charge in [0.15, 0.2) is 11.5 Å². The van der Waals surface area contributed by atoms with Gasteiger partial charge in [-0.3, -0.25) is 0 Å². The lowest BCUT2D eigenvalue weighted by Gasteiger charge is -2.29. The highest BCUT2D eigenvalue weighted by molar-refractivity contribution is 7.15. The Balaban J connectivity index is 1.23. The zero-order valence-corrected chi connectivity index (χ0v) is 16.0. The van der Waals surface area contributed by atoms with Crippen molar-refractivity contribution in [2.24, 2.45) is 0 Å². The van der Waals surface area contributed by atoms with Crippen LogP contribution in [0.25, 0.3) is 11.1 Å². The second-order valence-corrected chi connectivity index (χ2v) is 8.10. The molecule has 0 unspecified atom stereocenters. The average Bonchev–Trinajstić information content (AvgIpc) is 3.37. The van der Waals surface area contributed by atoms with Crippen LogP contribution in [0.5, 0.6) is 0 Å². The largest absolute Gasteiger partial charge is 0.440 e. The van der Waals surface area contributed by atoms with Crippen molar-refractivity contribution >= 4 is 27.6 Å². The summed E-state index contributed by atoms with van der Waals surface area (Å²) >= 11 is 1.61. The van der Waals surface area contributed by atoms with E-state index in [1.165, 1.54) is 12.1 Å². The summed E-state index contributed by atoms with van der Waals surface area (Å²) < 4.78 is 19.0. The van der Waals surface area contributed by atoms with Gasteiger partial charge in [0.2, 0.25) is 5.13 Å². The van der Waals surface area contributed by atoms with Crippen molar-refractivity contribution in [3.05, 3.63) is 70.8 Å². The number of halogens is 1. The third-order valence-electron chi connectivity index (χ3n) is 5.15. The van der Waals surface area contributed by atoms with Crippen molar-refractivity contribution in [1.82, 2.24) is 15.2 Å². The molecule has 1 saturated heterocycles. The number of nitrogens with zero attached hydrogens (tertiary/aromatic N) is 4. The van der Waals surface area contributed by atoms with Crippen molar-refractivity contribution in [2.45, 2.75) is 25.2 Å². The number of para-hydroxylation sites is 2. The van der Waals surface area contributed by atoms with E-state index in [1.54, 1.807) is 23.5 Å². The van der Waals surface area contributed by atoms with Crippen LogP contribution in [-0.4, -0.2) is 28.3 Å². The lowest BCUT2D eigenvalue weighted by Crippen LogP contribution is -2.32. The van der Waals surface area contributed by atoms with Gasteiger partial charge in [0, 0.05) is 25.4 Å². The van der Waals surface area contributed by atoms with Gasteiger partial charge in [0.1, 0.15) is 16.3 Å². The number of piperidine rings is 1. The molecule has 1 aliphatic rings. The molecule has 2 aromatic carbocycles. The Kier molecular flexibility index (Phi) is 4.52. The van der Waals surface area contributed by atoms with Crippen molar-refractivity contribution < 1.29 is 8.81 Å². The number of rotatable bonds is 4. The maximum Gasteiger partial charge on any atom is 0.208 e. The molecule has 4 aromatic rings. The van der Waals surface area contributed by atoms with E-state index in [4.69, 9.17) is 4.42 Å². The SMILES string of the molecule is Fc1ccc(Cc2nnc(N3CCC(c4nc5ccccc5o4)CC3)s2)cc1. The van der Waals surface area contributed by atoms with E-state index in [0.717, 1.165) is 58.6 Å². The van der Waals surface area contributed by atoms with E-state index in [2.05, 4.69) is 20.1 Å². The van der Waals surface area contributed by atoms with Crippen LogP contribution in [0.1, 0.15) is 35.2 Å². The monoisotopic (exact) mass is 394 g/mol. The summed E-state index contributed by atoms with van der Waals surface area (Å²) in [5, 5.41) is 10.6. The van der Waals surface area contributed by atoms with Crippen LogP contribution in [0.15, 0.2) is 52.9 Å². The quantitative estimate of drug-likeness (QED) is 0.498. The number of anilines is 1. The molecule has 0 atom stereocenters. The summed E-state index contributed by atoms with van der Waals surface area (Å²) in [5.74, 6) is 0.967. The Morgan fingerprint density at radius 3 is 2.61 bits per heavy atom. The molecule has 0 amide bonds. The number of fused-ring (bicyclic) bond motifs is 1. The summed E-state index contributed by atoms with van der Waals surface area (Å²) in [6, 6.07) is 14.5. The van der Waals surface area contributed by atoms with Crippen molar-refractivity contribution in [1.29, 1.82) is 0 Å². The van der Waals surface area contributed by atoms with Gasteiger partial charge in [-0.15, -0.1) is 10.2 Å². The molecule has 0 radical (unpaired) electrons. The molecule has 3 heterocycles. The molecule has 0 saturated carbocycles. The zero-order chi connectivity index (χ0) is 18.9. The fourth-order valence-electron chi connectivity index (χ4n) is 3.60. The molecular formula is C21H19FN4OS. The van der Waals surface area contributed by atoms with Crippen LogP contribution in [0, 0.1) is 5.82 Å². The Hall–Kier alpha value is -2.80. The molecule has 0 spiro atoms. The number of hydrogen-bond donors (Lipinski definition) is 0. The van der Waals surface area contributed by atoms with Crippen LogP contribution in [0.2, 0.25) is 0 Å². The Morgan fingerprint density at radius 1 is 1.04 bits per heavy atom. The molecule has 2 aromatic heterocycles. The molecule has 1 fully saturated rings. The highest BCUT2D eigenvalue weighted by atomic mass is 32.1. The van der Waals surface area contributed by atoms with Crippen molar-refractivity contribution in [2.75, 3.05) is 18.0 Å². The average molecular weight is 394 g/mol. The maximum atomic E-state index is 13.0. The highest BCUT2D eigenvalue weighted by Crippen LogP contribution is 2.33. The van der Waals surface area contributed by atoms with Crippen molar-refractivity contribution in [3.63, 3.8) is 0 Å². The van der Waals surface area contributed by atoms with E-state index in [9.17, 15) is 4.39 Å². The lowest BCUT2D eigenvalue weighted by molar-refractivity contribution is 0.407. The van der Waals surface area contributed by atoms with Gasteiger partial charge in [0.25, 0.3) is 0 Å². The van der Waals surface area contributed by atoms with E-state index < -0.39 is 0 Å². The molecule has 5 nitrogen and oxygen atoms in total. The van der Waals surface area contributed by atoms with Gasteiger partial charge >= 0.3 is 0 Å². The Bertz CT molecular complexity index is 1050. The Labute approximate surface area is 165 Å². The standard InChI is InChI=1S/C21H19FN4OS/c22-16-7-5-14(6-8-16)13-19-24-25-21(28-19)26-11-9-15(10-12-26)20-23-17-3-1-2-4-18(17)27-20/h1-8,15H,9-13H2. The first-order valence-electron chi connectivity index (χ1n) is 9.42. The smallest absolute Gasteiger partial charge is 0.208 e. The normalized spacial score (nSPS) is 15.4. The maximum absolute atomic E-state index is 13.0. The van der Waals surface area contributed by atoms with Crippen LogP contribution in [0.4, 0.5) is 9.52 Å². The third-order valence-corrected chi connectivity index (χ3v) is 6.13. The van der Waals surface area contributed by atoms with E-state index in [1.807, 2.05) is 24.3 Å². The van der Waals surface area contributed by atoms with E-state index >= 15 is 0 Å². The van der Waals surface area contributed by atoms with Gasteiger partial charge in [-0.25, -0.2) is 9.37 Å². The molecule has 142 valence electrons. The fourth-order valence-corrected chi connectivity index (χ4v) is 4.53. The van der Waals surface area contributed by atoms with E-state index in [-0.39, 0.29) is 5.82 Å². The molecule has 7 heteroatoms. The van der Waals surface area contributed by atoms with Crippen LogP contribution < -0.4 is 4.90 Å². The first-order chi connectivity index (χ1) is 13.7. The topological polar surface area (TPSA) is 55.1 Å². The van der Waals surface area contributed by atoms with Gasteiger partial charge in [-0.2, -0.15) is 0 Å². The number of benzene rings is 2. The van der Waals surface area contributed by atoms with E-state index in [0.29, 0.717) is 12.3 Å². The predicted molar refractivity (Wildman–Crippen MR) is 107 cm³/mol. The zero-order valence-electron chi connectivity index (χ0n) is 15.2. The number of aromatic nitrogens is 3. The minimum atomic E-state index is -0.219. The molecule has 1 aliphatic heterocycles. The lowest BCUT2D eigenvalue weighted by atomic mass is 9.97. The second-order valence-electron chi connectivity index (χ2n) is 7.06. The van der Waals surface area contributed by atoms with Crippen LogP contribution in [0.3, 0.4) is 0 Å². The summed E-state index contributed by atoms with van der Waals surface area (Å²) in [4.78, 5) is 6.94. The van der Waals surface area contributed by atoms with Gasteiger partial charge < -0.3 is 9.32 Å². The van der Waals surface area contributed by atoms with Crippen molar-refractivity contribution in [3.8, 4) is 0 Å². The number of hydrogen-bond acceptors (Lipinski definition) is 6. The summed E-state index contributed by atoms with van der Waals surface area (Å²) in [6.07, 6.45) is 2.65. The molecule has 28 heavy (non-hydrogen) atoms. The summed E-state index contributed by atoms with van der Waals surface area (Å²) in [7, 11) is 0.